The molecule has 0 fully saturated rings. The molecule has 0 aliphatic rings. The average Bonchev–Trinajstić information content (AvgIpc) is 2.25. The molecular formula is C11H17NO2S. The Bertz CT molecular complexity index is 274. The molecule has 0 aromatic heterocycles. The summed E-state index contributed by atoms with van der Waals surface area (Å²) in [7, 11) is 0. The third-order valence-corrected chi connectivity index (χ3v) is 2.81. The summed E-state index contributed by atoms with van der Waals surface area (Å²) in [6, 6.07) is 7.05. The molecule has 0 aliphatic carbocycles. The molecule has 0 aliphatic heterocycles. The van der Waals surface area contributed by atoms with Gasteiger partial charge in [-0.1, -0.05) is 19.8 Å². The van der Waals surface area contributed by atoms with Crippen molar-refractivity contribution in [2.24, 2.45) is 5.14 Å². The predicted molar refractivity (Wildman–Crippen MR) is 62.1 cm³/mol. The Morgan fingerprint density at radius 3 is 2.47 bits per heavy atom. The van der Waals surface area contributed by atoms with Crippen LogP contribution in [0.5, 0.6) is 5.75 Å². The highest BCUT2D eigenvalue weighted by Crippen LogP contribution is 2.15. The van der Waals surface area contributed by atoms with E-state index in [1.54, 1.807) is 24.3 Å². The monoisotopic (exact) mass is 227 g/mol. The van der Waals surface area contributed by atoms with Gasteiger partial charge < -0.3 is 9.29 Å². The summed E-state index contributed by atoms with van der Waals surface area (Å²) in [4.78, 5) is 0.621. The summed E-state index contributed by atoms with van der Waals surface area (Å²) < 4.78 is 16.4. The van der Waals surface area contributed by atoms with E-state index in [1.807, 2.05) is 0 Å². The van der Waals surface area contributed by atoms with Gasteiger partial charge in [-0.15, -0.1) is 5.14 Å². The Labute approximate surface area is 93.9 Å². The minimum atomic E-state index is -1.40. The van der Waals surface area contributed by atoms with Gasteiger partial charge in [0.15, 0.2) is 4.90 Å². The molecule has 84 valence electrons. The zero-order chi connectivity index (χ0) is 11.1. The van der Waals surface area contributed by atoms with Gasteiger partial charge in [0, 0.05) is 0 Å². The maximum atomic E-state index is 10.9. The molecule has 2 N–H and O–H groups in total. The van der Waals surface area contributed by atoms with E-state index in [4.69, 9.17) is 9.88 Å². The lowest BCUT2D eigenvalue weighted by atomic mass is 10.3. The number of unbranched alkanes of at least 4 members (excludes halogenated alkanes) is 2. The quantitative estimate of drug-likeness (QED) is 0.599. The zero-order valence-electron chi connectivity index (χ0n) is 8.94. The van der Waals surface area contributed by atoms with Gasteiger partial charge in [0.25, 0.3) is 0 Å². The highest BCUT2D eigenvalue weighted by atomic mass is 32.2. The van der Waals surface area contributed by atoms with Gasteiger partial charge in [-0.3, -0.25) is 0 Å². The summed E-state index contributed by atoms with van der Waals surface area (Å²) >= 11 is -1.40. The average molecular weight is 227 g/mol. The van der Waals surface area contributed by atoms with E-state index in [1.165, 1.54) is 12.8 Å². The number of rotatable bonds is 6. The molecule has 1 aromatic carbocycles. The molecule has 1 unspecified atom stereocenters. The number of ether oxygens (including phenoxy) is 1. The normalized spacial score (nSPS) is 12.5. The predicted octanol–water partition coefficient (Wildman–Crippen LogP) is 2.24. The van der Waals surface area contributed by atoms with E-state index in [0.29, 0.717) is 4.90 Å². The molecule has 1 atom stereocenters. The van der Waals surface area contributed by atoms with Crippen LogP contribution in [0.15, 0.2) is 29.2 Å². The first-order valence-electron chi connectivity index (χ1n) is 5.13. The third-order valence-electron chi connectivity index (χ3n) is 2.07. The van der Waals surface area contributed by atoms with Gasteiger partial charge in [-0.05, 0) is 30.7 Å². The zero-order valence-corrected chi connectivity index (χ0v) is 9.76. The van der Waals surface area contributed by atoms with Crippen molar-refractivity contribution in [1.29, 1.82) is 0 Å². The summed E-state index contributed by atoms with van der Waals surface area (Å²) in [5.74, 6) is 0.806. The van der Waals surface area contributed by atoms with Gasteiger partial charge in [-0.25, -0.2) is 0 Å². The van der Waals surface area contributed by atoms with E-state index in [0.717, 1.165) is 18.8 Å². The van der Waals surface area contributed by atoms with E-state index < -0.39 is 11.4 Å². The maximum absolute atomic E-state index is 10.9. The van der Waals surface area contributed by atoms with Crippen LogP contribution in [0.2, 0.25) is 0 Å². The van der Waals surface area contributed by atoms with Crippen molar-refractivity contribution in [1.82, 2.24) is 0 Å². The van der Waals surface area contributed by atoms with Gasteiger partial charge in [-0.2, -0.15) is 0 Å². The first-order chi connectivity index (χ1) is 7.24. The van der Waals surface area contributed by atoms with Crippen LogP contribution < -0.4 is 9.88 Å². The lowest BCUT2D eigenvalue weighted by molar-refractivity contribution is 0.306. The molecule has 0 saturated carbocycles. The summed E-state index contributed by atoms with van der Waals surface area (Å²) in [6.45, 7) is 2.89. The van der Waals surface area contributed by atoms with E-state index in [-0.39, 0.29) is 0 Å². The van der Waals surface area contributed by atoms with Crippen molar-refractivity contribution in [2.75, 3.05) is 6.61 Å². The van der Waals surface area contributed by atoms with Crippen LogP contribution in [0.1, 0.15) is 26.2 Å². The maximum Gasteiger partial charge on any atom is 0.173 e. The van der Waals surface area contributed by atoms with Crippen LogP contribution in [0, 0.1) is 0 Å². The summed E-state index contributed by atoms with van der Waals surface area (Å²) in [5.41, 5.74) is 0. The van der Waals surface area contributed by atoms with Crippen molar-refractivity contribution in [2.45, 2.75) is 31.1 Å². The van der Waals surface area contributed by atoms with Crippen molar-refractivity contribution in [3.63, 3.8) is 0 Å². The lowest BCUT2D eigenvalue weighted by Crippen LogP contribution is -2.11. The molecule has 15 heavy (non-hydrogen) atoms. The number of benzene rings is 1. The minimum Gasteiger partial charge on any atom is -0.593 e. The number of hydrogen-bond acceptors (Lipinski definition) is 3. The first-order valence-corrected chi connectivity index (χ1v) is 6.34. The van der Waals surface area contributed by atoms with Gasteiger partial charge in [0.2, 0.25) is 0 Å². The highest BCUT2D eigenvalue weighted by molar-refractivity contribution is 7.89. The molecule has 0 amide bonds. The number of nitrogens with two attached hydrogens (primary N) is 1. The van der Waals surface area contributed by atoms with Crippen LogP contribution >= 0.6 is 0 Å². The Balaban J connectivity index is 2.36. The van der Waals surface area contributed by atoms with Gasteiger partial charge in [0.1, 0.15) is 5.75 Å². The fraction of sp³-hybridized carbons (Fsp3) is 0.455. The molecule has 0 bridgehead atoms. The number of hydrogen-bond donors (Lipinski definition) is 1. The molecule has 1 aromatic rings. The smallest absolute Gasteiger partial charge is 0.173 e. The second-order valence-electron chi connectivity index (χ2n) is 3.32. The Kier molecular flexibility index (Phi) is 5.53. The highest BCUT2D eigenvalue weighted by Gasteiger charge is 2.04. The molecule has 1 rings (SSSR count). The van der Waals surface area contributed by atoms with Crippen LogP contribution in [0.25, 0.3) is 0 Å². The first kappa shape index (κ1) is 12.4. The van der Waals surface area contributed by atoms with E-state index in [2.05, 4.69) is 6.92 Å². The fourth-order valence-corrected chi connectivity index (χ4v) is 1.62. The standard InChI is InChI=1S/C11H17NO2S/c1-2-3-4-9-14-10-5-7-11(8-6-10)15(12)13/h5-8H,2-4,9,12H2,1H3. The van der Waals surface area contributed by atoms with Crippen LogP contribution in [0.4, 0.5) is 0 Å². The molecule has 0 heterocycles. The van der Waals surface area contributed by atoms with E-state index >= 15 is 0 Å². The summed E-state index contributed by atoms with van der Waals surface area (Å²) in [5, 5.41) is 5.23. The van der Waals surface area contributed by atoms with Gasteiger partial charge in [0.05, 0.1) is 18.0 Å². The van der Waals surface area contributed by atoms with Crippen LogP contribution in [-0.4, -0.2) is 11.2 Å². The molecule has 0 radical (unpaired) electrons. The summed E-state index contributed by atoms with van der Waals surface area (Å²) in [6.07, 6.45) is 3.44. The SMILES string of the molecule is CCCCCOc1ccc([S+](N)[O-])cc1. The van der Waals surface area contributed by atoms with Crippen molar-refractivity contribution >= 4 is 11.4 Å². The molecular weight excluding hydrogens is 210 g/mol. The molecule has 3 nitrogen and oxygen atoms in total. The molecule has 0 saturated heterocycles. The molecule has 4 heteroatoms. The second-order valence-corrected chi connectivity index (χ2v) is 4.39. The van der Waals surface area contributed by atoms with Crippen LogP contribution in [-0.2, 0) is 11.4 Å². The lowest BCUT2D eigenvalue weighted by Gasteiger charge is -2.06. The molecule has 0 spiro atoms. The second kappa shape index (κ2) is 6.71. The van der Waals surface area contributed by atoms with Gasteiger partial charge >= 0.3 is 0 Å². The Hall–Kier alpha value is -0.710. The minimum absolute atomic E-state index is 0.621. The van der Waals surface area contributed by atoms with Crippen LogP contribution in [0.3, 0.4) is 0 Å². The van der Waals surface area contributed by atoms with E-state index in [9.17, 15) is 4.55 Å². The topological polar surface area (TPSA) is 58.3 Å². The fourth-order valence-electron chi connectivity index (χ4n) is 1.21. The van der Waals surface area contributed by atoms with Crippen molar-refractivity contribution in [3.8, 4) is 5.75 Å². The van der Waals surface area contributed by atoms with Crippen molar-refractivity contribution < 1.29 is 9.29 Å². The largest absolute Gasteiger partial charge is 0.593 e. The Morgan fingerprint density at radius 1 is 1.27 bits per heavy atom. The van der Waals surface area contributed by atoms with Crippen molar-refractivity contribution in [3.05, 3.63) is 24.3 Å². The Morgan fingerprint density at radius 2 is 1.93 bits per heavy atom. The third kappa shape index (κ3) is 4.55.